The lowest BCUT2D eigenvalue weighted by atomic mass is 9.90. The van der Waals surface area contributed by atoms with E-state index in [-0.39, 0.29) is 0 Å². The number of hydrogen-bond acceptors (Lipinski definition) is 4. The zero-order valence-corrected chi connectivity index (χ0v) is 6.01. The Morgan fingerprint density at radius 2 is 1.73 bits per heavy atom. The lowest BCUT2D eigenvalue weighted by molar-refractivity contribution is -0.549. The first kappa shape index (κ1) is 8.42. The molecule has 0 amide bonds. The van der Waals surface area contributed by atoms with Gasteiger partial charge in [0.15, 0.2) is 0 Å². The summed E-state index contributed by atoms with van der Waals surface area (Å²) in [7, 11) is 0. The zero-order valence-electron chi connectivity index (χ0n) is 6.01. The maximum absolute atomic E-state index is 10.3. The number of nitro groups is 1. The molecule has 0 aromatic rings. The Morgan fingerprint density at radius 3 is 2.00 bits per heavy atom. The van der Waals surface area contributed by atoms with Gasteiger partial charge in [-0.25, -0.2) is 0 Å². The van der Waals surface area contributed by atoms with Crippen LogP contribution < -0.4 is 0 Å². The molecule has 64 valence electrons. The minimum Gasteiger partial charge on any atom is -0.386 e. The summed E-state index contributed by atoms with van der Waals surface area (Å²) < 4.78 is 0. The molecule has 1 rings (SSSR count). The van der Waals surface area contributed by atoms with Crippen LogP contribution >= 0.6 is 0 Å². The van der Waals surface area contributed by atoms with Crippen LogP contribution in [0, 0.1) is 10.1 Å². The smallest absolute Gasteiger partial charge is 0.263 e. The predicted molar refractivity (Wildman–Crippen MR) is 36.6 cm³/mol. The molecule has 0 heterocycles. The van der Waals surface area contributed by atoms with Crippen LogP contribution in [0.3, 0.4) is 0 Å². The molecule has 0 saturated heterocycles. The predicted octanol–water partition coefficient (Wildman–Crippen LogP) is -0.463. The lowest BCUT2D eigenvalue weighted by Gasteiger charge is -2.25. The van der Waals surface area contributed by atoms with E-state index < -0.39 is 23.2 Å². The zero-order chi connectivity index (χ0) is 8.43. The molecule has 1 fully saturated rings. The van der Waals surface area contributed by atoms with Gasteiger partial charge in [0.2, 0.25) is 0 Å². The van der Waals surface area contributed by atoms with Crippen molar-refractivity contribution in [1.82, 2.24) is 0 Å². The molecule has 2 unspecified atom stereocenters. The third kappa shape index (κ3) is 1.66. The molecule has 1 saturated carbocycles. The van der Waals surface area contributed by atoms with E-state index in [0.717, 1.165) is 0 Å². The molecule has 0 aromatic heterocycles. The van der Waals surface area contributed by atoms with Crippen molar-refractivity contribution in [3.8, 4) is 0 Å². The topological polar surface area (TPSA) is 83.6 Å². The standard InChI is InChI=1S/C6H11NO4/c8-4-2-1-3-5(9)6(4)7(10)11/h4-6,8-9H,1-3H2. The van der Waals surface area contributed by atoms with Crippen molar-refractivity contribution in [3.63, 3.8) is 0 Å². The summed E-state index contributed by atoms with van der Waals surface area (Å²) in [5.74, 6) is 0. The van der Waals surface area contributed by atoms with E-state index >= 15 is 0 Å². The van der Waals surface area contributed by atoms with E-state index in [1.807, 2.05) is 0 Å². The summed E-state index contributed by atoms with van der Waals surface area (Å²) in [6, 6.07) is -1.18. The minimum atomic E-state index is -1.18. The molecular formula is C6H11NO4. The molecule has 0 bridgehead atoms. The van der Waals surface area contributed by atoms with Gasteiger partial charge in [-0.3, -0.25) is 10.1 Å². The van der Waals surface area contributed by atoms with Crippen molar-refractivity contribution in [2.24, 2.45) is 0 Å². The summed E-state index contributed by atoms with van der Waals surface area (Å²) in [5, 5.41) is 28.5. The van der Waals surface area contributed by atoms with Crippen molar-refractivity contribution in [2.45, 2.75) is 37.5 Å². The number of aliphatic hydroxyl groups is 2. The lowest BCUT2D eigenvalue weighted by Crippen LogP contribution is -2.46. The Balaban J connectivity index is 2.62. The van der Waals surface area contributed by atoms with Crippen molar-refractivity contribution < 1.29 is 15.1 Å². The van der Waals surface area contributed by atoms with Crippen LogP contribution in [-0.4, -0.2) is 33.4 Å². The molecule has 11 heavy (non-hydrogen) atoms. The molecule has 0 aliphatic heterocycles. The Kier molecular flexibility index (Phi) is 2.41. The minimum absolute atomic E-state index is 0.419. The fourth-order valence-corrected chi connectivity index (χ4v) is 1.42. The van der Waals surface area contributed by atoms with Gasteiger partial charge in [0.25, 0.3) is 6.04 Å². The first-order valence-corrected chi connectivity index (χ1v) is 3.62. The second-order valence-corrected chi connectivity index (χ2v) is 2.84. The van der Waals surface area contributed by atoms with Gasteiger partial charge in [-0.1, -0.05) is 0 Å². The van der Waals surface area contributed by atoms with Crippen LogP contribution in [0.5, 0.6) is 0 Å². The Bertz CT molecular complexity index is 151. The summed E-state index contributed by atoms with van der Waals surface area (Å²) in [5.41, 5.74) is 0. The van der Waals surface area contributed by atoms with E-state index in [0.29, 0.717) is 19.3 Å². The Labute approximate surface area is 63.8 Å². The van der Waals surface area contributed by atoms with Crippen LogP contribution in [0.1, 0.15) is 19.3 Å². The van der Waals surface area contributed by atoms with Crippen LogP contribution in [0.25, 0.3) is 0 Å². The third-order valence-electron chi connectivity index (χ3n) is 2.03. The van der Waals surface area contributed by atoms with E-state index in [4.69, 9.17) is 10.2 Å². The molecule has 2 N–H and O–H groups in total. The van der Waals surface area contributed by atoms with Gasteiger partial charge in [0.05, 0.1) is 0 Å². The van der Waals surface area contributed by atoms with Gasteiger partial charge in [-0.2, -0.15) is 0 Å². The summed E-state index contributed by atoms with van der Waals surface area (Å²) in [6.07, 6.45) is -0.458. The molecule has 0 aromatic carbocycles. The normalized spacial score (nSPS) is 38.5. The average Bonchev–Trinajstić information content (AvgIpc) is 1.85. The monoisotopic (exact) mass is 161 g/mol. The maximum atomic E-state index is 10.3. The molecule has 1 aliphatic rings. The second-order valence-electron chi connectivity index (χ2n) is 2.84. The van der Waals surface area contributed by atoms with E-state index in [9.17, 15) is 10.1 Å². The van der Waals surface area contributed by atoms with Crippen molar-refractivity contribution in [2.75, 3.05) is 0 Å². The molecule has 5 nitrogen and oxygen atoms in total. The van der Waals surface area contributed by atoms with Gasteiger partial charge in [0, 0.05) is 4.92 Å². The number of hydrogen-bond donors (Lipinski definition) is 2. The maximum Gasteiger partial charge on any atom is 0.263 e. The SMILES string of the molecule is O=[N+]([O-])C1C(O)CCCC1O. The largest absolute Gasteiger partial charge is 0.386 e. The number of rotatable bonds is 1. The molecular weight excluding hydrogens is 150 g/mol. The Hall–Kier alpha value is -0.680. The average molecular weight is 161 g/mol. The first-order valence-electron chi connectivity index (χ1n) is 3.62. The Morgan fingerprint density at radius 1 is 1.27 bits per heavy atom. The van der Waals surface area contributed by atoms with Gasteiger partial charge in [0.1, 0.15) is 12.2 Å². The van der Waals surface area contributed by atoms with Crippen LogP contribution in [0.4, 0.5) is 0 Å². The van der Waals surface area contributed by atoms with E-state index in [1.54, 1.807) is 0 Å². The summed E-state index contributed by atoms with van der Waals surface area (Å²) in [4.78, 5) is 9.66. The first-order chi connectivity index (χ1) is 5.13. The van der Waals surface area contributed by atoms with Crippen LogP contribution in [0.15, 0.2) is 0 Å². The van der Waals surface area contributed by atoms with E-state index in [1.165, 1.54) is 0 Å². The van der Waals surface area contributed by atoms with Crippen molar-refractivity contribution in [3.05, 3.63) is 10.1 Å². The fraction of sp³-hybridized carbons (Fsp3) is 1.00. The highest BCUT2D eigenvalue weighted by molar-refractivity contribution is 4.81. The highest BCUT2D eigenvalue weighted by Gasteiger charge is 2.39. The second kappa shape index (κ2) is 3.15. The van der Waals surface area contributed by atoms with E-state index in [2.05, 4.69) is 0 Å². The molecule has 1 aliphatic carbocycles. The van der Waals surface area contributed by atoms with Gasteiger partial charge < -0.3 is 10.2 Å². The molecule has 5 heteroatoms. The van der Waals surface area contributed by atoms with Crippen LogP contribution in [0.2, 0.25) is 0 Å². The van der Waals surface area contributed by atoms with Gasteiger partial charge in [-0.05, 0) is 19.3 Å². The summed E-state index contributed by atoms with van der Waals surface area (Å²) in [6.45, 7) is 0. The highest BCUT2D eigenvalue weighted by Crippen LogP contribution is 2.20. The van der Waals surface area contributed by atoms with Crippen LogP contribution in [-0.2, 0) is 0 Å². The highest BCUT2D eigenvalue weighted by atomic mass is 16.6. The molecule has 2 atom stereocenters. The summed E-state index contributed by atoms with van der Waals surface area (Å²) >= 11 is 0. The number of nitrogens with zero attached hydrogens (tertiary/aromatic N) is 1. The van der Waals surface area contributed by atoms with Gasteiger partial charge >= 0.3 is 0 Å². The quantitative estimate of drug-likeness (QED) is 0.402. The molecule has 0 spiro atoms. The van der Waals surface area contributed by atoms with Crippen molar-refractivity contribution >= 4 is 0 Å². The molecule has 0 radical (unpaired) electrons. The van der Waals surface area contributed by atoms with Gasteiger partial charge in [-0.15, -0.1) is 0 Å². The fourth-order valence-electron chi connectivity index (χ4n) is 1.42. The number of aliphatic hydroxyl groups excluding tert-OH is 2. The third-order valence-corrected chi connectivity index (χ3v) is 2.03. The van der Waals surface area contributed by atoms with Crippen molar-refractivity contribution in [1.29, 1.82) is 0 Å².